The normalized spacial score (nSPS) is 19.9. The van der Waals surface area contributed by atoms with Crippen LogP contribution in [0.2, 0.25) is 0 Å². The zero-order valence-electron chi connectivity index (χ0n) is 18.1. The largest absolute Gasteiger partial charge is 0.508 e. The monoisotopic (exact) mass is 451 g/mol. The van der Waals surface area contributed by atoms with Crippen LogP contribution in [0.15, 0.2) is 42.5 Å². The topological polar surface area (TPSA) is 136 Å². The highest BCUT2D eigenvalue weighted by Gasteiger charge is 2.44. The summed E-state index contributed by atoms with van der Waals surface area (Å²) in [5, 5.41) is 24.5. The molecule has 0 aliphatic carbocycles. The number of aryl methyl sites for hydroxylation is 1. The molecular formula is C24H25N3O6. The Morgan fingerprint density at radius 3 is 2.48 bits per heavy atom. The lowest BCUT2D eigenvalue weighted by Gasteiger charge is -2.27. The number of para-hydroxylation sites is 1. The number of rotatable bonds is 6. The van der Waals surface area contributed by atoms with E-state index in [4.69, 9.17) is 0 Å². The molecule has 9 nitrogen and oxygen atoms in total. The third-order valence-corrected chi connectivity index (χ3v) is 6.08. The number of hydrogen-bond acceptors (Lipinski definition) is 5. The number of aromatic hydroxyl groups is 1. The molecule has 3 atom stereocenters. The van der Waals surface area contributed by atoms with Gasteiger partial charge in [-0.25, -0.2) is 4.79 Å². The molecular weight excluding hydrogens is 426 g/mol. The zero-order chi connectivity index (χ0) is 23.7. The minimum absolute atomic E-state index is 0.0841. The number of anilines is 1. The number of nitrogens with one attached hydrogen (secondary N) is 2. The lowest BCUT2D eigenvalue weighted by molar-refractivity contribution is -0.140. The van der Waals surface area contributed by atoms with Gasteiger partial charge < -0.3 is 20.8 Å². The lowest BCUT2D eigenvalue weighted by atomic mass is 10.0. The number of phenols is 1. The van der Waals surface area contributed by atoms with Crippen molar-refractivity contribution < 1.29 is 29.4 Å². The molecule has 0 unspecified atom stereocenters. The van der Waals surface area contributed by atoms with E-state index in [0.29, 0.717) is 18.5 Å². The van der Waals surface area contributed by atoms with Gasteiger partial charge >= 0.3 is 5.97 Å². The Morgan fingerprint density at radius 1 is 1.12 bits per heavy atom. The first kappa shape index (κ1) is 22.3. The number of carboxylic acid groups (broad SMARTS) is 1. The highest BCUT2D eigenvalue weighted by Crippen LogP contribution is 2.39. The van der Waals surface area contributed by atoms with Crippen LogP contribution in [0.3, 0.4) is 0 Å². The van der Waals surface area contributed by atoms with E-state index >= 15 is 0 Å². The molecule has 0 fully saturated rings. The molecule has 172 valence electrons. The van der Waals surface area contributed by atoms with Crippen LogP contribution in [0.1, 0.15) is 30.0 Å². The lowest BCUT2D eigenvalue weighted by Crippen LogP contribution is -2.56. The van der Waals surface area contributed by atoms with Gasteiger partial charge in [0.05, 0.1) is 5.69 Å². The fraction of sp³-hybridized carbons (Fsp3) is 0.333. The summed E-state index contributed by atoms with van der Waals surface area (Å²) in [5.74, 6) is -2.41. The van der Waals surface area contributed by atoms with E-state index in [-0.39, 0.29) is 18.6 Å². The van der Waals surface area contributed by atoms with Crippen LogP contribution in [0.5, 0.6) is 5.75 Å². The average Bonchev–Trinajstić information content (AvgIpc) is 3.11. The molecule has 2 heterocycles. The molecule has 3 amide bonds. The molecule has 33 heavy (non-hydrogen) atoms. The van der Waals surface area contributed by atoms with Gasteiger partial charge in [0.1, 0.15) is 23.9 Å². The number of hydrogen-bond donors (Lipinski definition) is 4. The Bertz CT molecular complexity index is 1110. The summed E-state index contributed by atoms with van der Waals surface area (Å²) in [4.78, 5) is 51.4. The van der Waals surface area contributed by atoms with Crippen molar-refractivity contribution in [2.75, 3.05) is 4.90 Å². The quantitative estimate of drug-likeness (QED) is 0.516. The van der Waals surface area contributed by atoms with Crippen molar-refractivity contribution in [3.63, 3.8) is 0 Å². The number of carbonyl (C=O) groups excluding carboxylic acids is 3. The van der Waals surface area contributed by atoms with Crippen LogP contribution >= 0.6 is 0 Å². The summed E-state index contributed by atoms with van der Waals surface area (Å²) >= 11 is 0. The second-order valence-corrected chi connectivity index (χ2v) is 8.41. The van der Waals surface area contributed by atoms with Crippen molar-refractivity contribution in [3.05, 3.63) is 59.2 Å². The molecule has 0 spiro atoms. The summed E-state index contributed by atoms with van der Waals surface area (Å²) in [7, 11) is 0. The van der Waals surface area contributed by atoms with Crippen molar-refractivity contribution in [3.8, 4) is 5.75 Å². The van der Waals surface area contributed by atoms with Gasteiger partial charge in [0, 0.05) is 19.8 Å². The fourth-order valence-corrected chi connectivity index (χ4v) is 4.56. The molecule has 0 bridgehead atoms. The number of carboxylic acids is 1. The predicted octanol–water partition coefficient (Wildman–Crippen LogP) is 0.913. The van der Waals surface area contributed by atoms with E-state index in [9.17, 15) is 29.4 Å². The van der Waals surface area contributed by atoms with Gasteiger partial charge in [-0.2, -0.15) is 0 Å². The molecule has 0 saturated heterocycles. The molecule has 2 aliphatic heterocycles. The third-order valence-electron chi connectivity index (χ3n) is 6.08. The zero-order valence-corrected chi connectivity index (χ0v) is 18.1. The van der Waals surface area contributed by atoms with E-state index in [1.807, 2.05) is 18.2 Å². The second kappa shape index (κ2) is 8.93. The number of phenolic OH excluding ortho intramolecular Hbond substituents is 1. The highest BCUT2D eigenvalue weighted by atomic mass is 16.4. The summed E-state index contributed by atoms with van der Waals surface area (Å²) in [6.07, 6.45) is 1.21. The smallest absolute Gasteiger partial charge is 0.327 e. The number of benzene rings is 2. The Labute approximate surface area is 190 Å². The van der Waals surface area contributed by atoms with E-state index in [1.165, 1.54) is 24.0 Å². The van der Waals surface area contributed by atoms with E-state index in [0.717, 1.165) is 16.7 Å². The third kappa shape index (κ3) is 4.52. The SMILES string of the molecule is CC(=O)N[C@@H](Cc1ccc(O)cc1)C(=O)N[C@H]1CCc2cccc3c2N(C1=O)[C@H](C(=O)O)C3. The number of amides is 3. The van der Waals surface area contributed by atoms with Gasteiger partial charge in [-0.15, -0.1) is 0 Å². The van der Waals surface area contributed by atoms with Crippen LogP contribution in [0, 0.1) is 0 Å². The molecule has 2 aromatic rings. The van der Waals surface area contributed by atoms with Gasteiger partial charge in [0.2, 0.25) is 17.7 Å². The first-order valence-corrected chi connectivity index (χ1v) is 10.8. The molecule has 0 radical (unpaired) electrons. The van der Waals surface area contributed by atoms with Crippen LogP contribution in [0.25, 0.3) is 0 Å². The highest BCUT2D eigenvalue weighted by molar-refractivity contribution is 6.07. The molecule has 2 aromatic carbocycles. The van der Waals surface area contributed by atoms with E-state index in [2.05, 4.69) is 10.6 Å². The van der Waals surface area contributed by atoms with Crippen molar-refractivity contribution in [1.82, 2.24) is 10.6 Å². The summed E-state index contributed by atoms with van der Waals surface area (Å²) in [5.41, 5.74) is 3.04. The summed E-state index contributed by atoms with van der Waals surface area (Å²) in [6.45, 7) is 1.30. The Balaban J connectivity index is 1.56. The number of nitrogens with zero attached hydrogens (tertiary/aromatic N) is 1. The first-order valence-electron chi connectivity index (χ1n) is 10.8. The fourth-order valence-electron chi connectivity index (χ4n) is 4.56. The van der Waals surface area contributed by atoms with Gasteiger partial charge in [0.15, 0.2) is 0 Å². The number of aliphatic carboxylic acids is 1. The molecule has 9 heteroatoms. The summed E-state index contributed by atoms with van der Waals surface area (Å²) < 4.78 is 0. The van der Waals surface area contributed by atoms with Crippen LogP contribution in [0.4, 0.5) is 5.69 Å². The maximum atomic E-state index is 13.4. The standard InChI is InChI=1S/C24H25N3O6/c1-13(28)25-19(11-14-5-8-17(29)9-6-14)22(30)26-18-10-7-15-3-2-4-16-12-20(24(32)33)27(21(15)16)23(18)31/h2-6,8-9,18-20,29H,7,10-12H2,1H3,(H,25,28)(H,26,30)(H,32,33)/t18-,19-,20-/m0/s1. The Morgan fingerprint density at radius 2 is 1.82 bits per heavy atom. The van der Waals surface area contributed by atoms with Crippen molar-refractivity contribution in [1.29, 1.82) is 0 Å². The molecule has 0 saturated carbocycles. The van der Waals surface area contributed by atoms with Gasteiger partial charge in [-0.3, -0.25) is 19.3 Å². The molecule has 4 N–H and O–H groups in total. The maximum Gasteiger partial charge on any atom is 0.327 e. The van der Waals surface area contributed by atoms with Crippen molar-refractivity contribution in [2.45, 2.75) is 50.7 Å². The minimum Gasteiger partial charge on any atom is -0.508 e. The van der Waals surface area contributed by atoms with Gasteiger partial charge in [0.25, 0.3) is 0 Å². The van der Waals surface area contributed by atoms with E-state index < -0.39 is 41.8 Å². The predicted molar refractivity (Wildman–Crippen MR) is 119 cm³/mol. The van der Waals surface area contributed by atoms with Crippen molar-refractivity contribution >= 4 is 29.4 Å². The maximum absolute atomic E-state index is 13.4. The van der Waals surface area contributed by atoms with Gasteiger partial charge in [-0.05, 0) is 41.7 Å². The van der Waals surface area contributed by atoms with Crippen molar-refractivity contribution in [2.24, 2.45) is 0 Å². The second-order valence-electron chi connectivity index (χ2n) is 8.41. The van der Waals surface area contributed by atoms with Crippen LogP contribution in [-0.2, 0) is 38.4 Å². The van der Waals surface area contributed by atoms with E-state index in [1.54, 1.807) is 12.1 Å². The van der Waals surface area contributed by atoms with Crippen LogP contribution < -0.4 is 15.5 Å². The van der Waals surface area contributed by atoms with Gasteiger partial charge in [-0.1, -0.05) is 30.3 Å². The number of carbonyl (C=O) groups is 4. The Hall–Kier alpha value is -3.88. The van der Waals surface area contributed by atoms with Crippen LogP contribution in [-0.4, -0.2) is 52.0 Å². The summed E-state index contributed by atoms with van der Waals surface area (Å²) in [6, 6.07) is 8.94. The average molecular weight is 451 g/mol. The molecule has 4 rings (SSSR count). The minimum atomic E-state index is -1.10. The molecule has 0 aromatic heterocycles. The Kier molecular flexibility index (Phi) is 6.04. The molecule has 2 aliphatic rings. The first-order chi connectivity index (χ1) is 15.7.